The van der Waals surface area contributed by atoms with Gasteiger partial charge in [-0.15, -0.1) is 0 Å². The Balaban J connectivity index is 2.28. The first-order valence-corrected chi connectivity index (χ1v) is 12.8. The largest absolute Gasteiger partial charge is 0.450 e. The molecule has 0 aromatic heterocycles. The highest BCUT2D eigenvalue weighted by Gasteiger charge is 2.49. The molecule has 1 aliphatic carbocycles. The number of Topliss-reactive ketones (excluding diaryl/α,β-unsaturated/α-hetero) is 1. The van der Waals surface area contributed by atoms with Crippen molar-refractivity contribution in [2.45, 2.75) is 101 Å². The first-order valence-electron chi connectivity index (χ1n) is 11.9. The molecule has 2 rings (SSSR count). The van der Waals surface area contributed by atoms with Gasteiger partial charge in [0, 0.05) is 29.3 Å². The molecule has 2 unspecified atom stereocenters. The van der Waals surface area contributed by atoms with Crippen molar-refractivity contribution in [1.29, 1.82) is 0 Å². The van der Waals surface area contributed by atoms with E-state index in [9.17, 15) is 14.4 Å². The van der Waals surface area contributed by atoms with Gasteiger partial charge in [0.1, 0.15) is 6.04 Å². The summed E-state index contributed by atoms with van der Waals surface area (Å²) in [6.45, 7) is 10.7. The number of hydrogen-bond acceptors (Lipinski definition) is 7. The highest BCUT2D eigenvalue weighted by atomic mass is 32.2. The van der Waals surface area contributed by atoms with Crippen LogP contribution in [0.2, 0.25) is 0 Å². The van der Waals surface area contributed by atoms with Gasteiger partial charge in [-0.3, -0.25) is 9.59 Å². The number of ketones is 1. The summed E-state index contributed by atoms with van der Waals surface area (Å²) in [5.41, 5.74) is 11.6. The number of likely N-dealkylation sites (tertiary alicyclic amines) is 1. The molecule has 8 nitrogen and oxygen atoms in total. The molecule has 184 valence electrons. The maximum Gasteiger partial charge on any atom is 0.407 e. The molecule has 2 amide bonds. The second kappa shape index (κ2) is 11.2. The molecule has 1 heterocycles. The Hall–Kier alpha value is -1.32. The van der Waals surface area contributed by atoms with E-state index in [1.807, 2.05) is 13.8 Å². The molecule has 1 saturated heterocycles. The van der Waals surface area contributed by atoms with E-state index in [0.29, 0.717) is 25.8 Å². The minimum Gasteiger partial charge on any atom is -0.450 e. The SMILES string of the molecule is CCOC(=O)NC(C(=O)N1CCCC1C(=O)C1(CN)CCC(N)CC1)C(C)(C)SC(C)C. The van der Waals surface area contributed by atoms with Crippen LogP contribution in [0.5, 0.6) is 0 Å². The Morgan fingerprint density at radius 3 is 2.38 bits per heavy atom. The lowest BCUT2D eigenvalue weighted by molar-refractivity contribution is -0.144. The zero-order valence-corrected chi connectivity index (χ0v) is 21.1. The Morgan fingerprint density at radius 2 is 1.84 bits per heavy atom. The van der Waals surface area contributed by atoms with Gasteiger partial charge in [0.25, 0.3) is 0 Å². The predicted octanol–water partition coefficient (Wildman–Crippen LogP) is 2.43. The fourth-order valence-corrected chi connectivity index (χ4v) is 6.58. The Bertz CT molecular complexity index is 677. The van der Waals surface area contributed by atoms with E-state index in [1.165, 1.54) is 0 Å². The topological polar surface area (TPSA) is 128 Å². The summed E-state index contributed by atoms with van der Waals surface area (Å²) in [6.07, 6.45) is 3.64. The Kier molecular flexibility index (Phi) is 9.43. The molecule has 32 heavy (non-hydrogen) atoms. The number of ether oxygens (including phenoxy) is 1. The van der Waals surface area contributed by atoms with Gasteiger partial charge in [0.05, 0.1) is 12.6 Å². The van der Waals surface area contributed by atoms with Crippen molar-refractivity contribution >= 4 is 29.5 Å². The third-order valence-electron chi connectivity index (χ3n) is 6.76. The third-order valence-corrected chi connectivity index (χ3v) is 8.07. The van der Waals surface area contributed by atoms with E-state index in [2.05, 4.69) is 19.2 Å². The lowest BCUT2D eigenvalue weighted by Gasteiger charge is -2.42. The number of carbonyl (C=O) groups is 3. The molecule has 5 N–H and O–H groups in total. The Labute approximate surface area is 196 Å². The standard InChI is InChI=1S/C23H42N4O4S/c1-6-31-21(30)26-18(22(4,5)32-15(2)3)20(29)27-13-7-8-17(27)19(28)23(14-24)11-9-16(25)10-12-23/h15-18H,6-14,24-25H2,1-5H3,(H,26,30). The van der Waals surface area contributed by atoms with Crippen LogP contribution in [0.15, 0.2) is 0 Å². The van der Waals surface area contributed by atoms with Crippen molar-refractivity contribution in [2.24, 2.45) is 16.9 Å². The molecular weight excluding hydrogens is 428 g/mol. The number of nitrogens with two attached hydrogens (primary N) is 2. The van der Waals surface area contributed by atoms with Crippen LogP contribution in [0, 0.1) is 5.41 Å². The van der Waals surface area contributed by atoms with Crippen LogP contribution in [-0.4, -0.2) is 70.5 Å². The minimum absolute atomic E-state index is 0.0574. The van der Waals surface area contributed by atoms with E-state index >= 15 is 0 Å². The molecule has 1 saturated carbocycles. The molecule has 0 spiro atoms. The highest BCUT2D eigenvalue weighted by Crippen LogP contribution is 2.40. The van der Waals surface area contributed by atoms with E-state index in [0.717, 1.165) is 19.3 Å². The number of alkyl carbamates (subject to hydrolysis) is 1. The first-order chi connectivity index (χ1) is 15.0. The normalized spacial score (nSPS) is 27.3. The summed E-state index contributed by atoms with van der Waals surface area (Å²) < 4.78 is 4.49. The van der Waals surface area contributed by atoms with E-state index in [4.69, 9.17) is 16.2 Å². The predicted molar refractivity (Wildman–Crippen MR) is 128 cm³/mol. The summed E-state index contributed by atoms with van der Waals surface area (Å²) >= 11 is 1.62. The van der Waals surface area contributed by atoms with Crippen molar-refractivity contribution < 1.29 is 19.1 Å². The number of nitrogens with zero attached hydrogens (tertiary/aromatic N) is 1. The fourth-order valence-electron chi connectivity index (χ4n) is 5.07. The number of rotatable bonds is 9. The van der Waals surface area contributed by atoms with Gasteiger partial charge in [-0.1, -0.05) is 13.8 Å². The summed E-state index contributed by atoms with van der Waals surface area (Å²) in [4.78, 5) is 41.5. The molecule has 1 aliphatic heterocycles. The number of thioether (sulfide) groups is 1. The molecular formula is C23H42N4O4S. The van der Waals surface area contributed by atoms with Crippen molar-refractivity contribution in [1.82, 2.24) is 10.2 Å². The molecule has 2 atom stereocenters. The summed E-state index contributed by atoms with van der Waals surface area (Å²) in [5.74, 6) is -0.173. The van der Waals surface area contributed by atoms with E-state index in [1.54, 1.807) is 23.6 Å². The summed E-state index contributed by atoms with van der Waals surface area (Å²) in [7, 11) is 0. The number of hydrogen-bond donors (Lipinski definition) is 3. The van der Waals surface area contributed by atoms with Crippen LogP contribution >= 0.6 is 11.8 Å². The smallest absolute Gasteiger partial charge is 0.407 e. The average molecular weight is 471 g/mol. The quantitative estimate of drug-likeness (QED) is 0.472. The van der Waals surface area contributed by atoms with Crippen LogP contribution < -0.4 is 16.8 Å². The van der Waals surface area contributed by atoms with Gasteiger partial charge < -0.3 is 26.4 Å². The van der Waals surface area contributed by atoms with E-state index in [-0.39, 0.29) is 36.1 Å². The van der Waals surface area contributed by atoms with Crippen molar-refractivity contribution in [2.75, 3.05) is 19.7 Å². The van der Waals surface area contributed by atoms with Gasteiger partial charge in [-0.25, -0.2) is 4.79 Å². The molecule has 2 fully saturated rings. The van der Waals surface area contributed by atoms with Crippen molar-refractivity contribution in [3.63, 3.8) is 0 Å². The second-order valence-electron chi connectivity index (χ2n) is 9.94. The molecule has 0 radical (unpaired) electrons. The van der Waals surface area contributed by atoms with Crippen molar-refractivity contribution in [3.05, 3.63) is 0 Å². The molecule has 0 bridgehead atoms. The molecule has 0 aromatic rings. The van der Waals surface area contributed by atoms with Crippen LogP contribution in [0.3, 0.4) is 0 Å². The fraction of sp³-hybridized carbons (Fsp3) is 0.870. The average Bonchev–Trinajstić information content (AvgIpc) is 3.21. The van der Waals surface area contributed by atoms with Gasteiger partial charge in [0.15, 0.2) is 5.78 Å². The monoisotopic (exact) mass is 470 g/mol. The van der Waals surface area contributed by atoms with Gasteiger partial charge in [-0.2, -0.15) is 11.8 Å². The zero-order chi connectivity index (χ0) is 24.1. The second-order valence-corrected chi connectivity index (χ2v) is 12.2. The maximum atomic E-state index is 13.8. The van der Waals surface area contributed by atoms with Gasteiger partial charge in [-0.05, 0) is 64.5 Å². The number of amides is 2. The minimum atomic E-state index is -0.809. The summed E-state index contributed by atoms with van der Waals surface area (Å²) in [6, 6.07) is -1.21. The van der Waals surface area contributed by atoms with Crippen LogP contribution in [0.25, 0.3) is 0 Å². The lowest BCUT2D eigenvalue weighted by Crippen LogP contribution is -2.60. The van der Waals surface area contributed by atoms with Crippen molar-refractivity contribution in [3.8, 4) is 0 Å². The summed E-state index contributed by atoms with van der Waals surface area (Å²) in [5, 5.41) is 3.04. The van der Waals surface area contributed by atoms with Gasteiger partial charge >= 0.3 is 6.09 Å². The van der Waals surface area contributed by atoms with Crippen LogP contribution in [0.1, 0.15) is 73.1 Å². The maximum absolute atomic E-state index is 13.8. The molecule has 0 aromatic carbocycles. The zero-order valence-electron chi connectivity index (χ0n) is 20.3. The first kappa shape index (κ1) is 26.9. The third kappa shape index (κ3) is 6.17. The molecule has 9 heteroatoms. The van der Waals surface area contributed by atoms with Gasteiger partial charge in [0.2, 0.25) is 5.91 Å². The lowest BCUT2D eigenvalue weighted by atomic mass is 9.68. The van der Waals surface area contributed by atoms with Crippen LogP contribution in [0.4, 0.5) is 4.79 Å². The molecule has 2 aliphatic rings. The number of carbonyl (C=O) groups excluding carboxylic acids is 3. The number of nitrogens with one attached hydrogen (secondary N) is 1. The van der Waals surface area contributed by atoms with Crippen LogP contribution in [-0.2, 0) is 14.3 Å². The van der Waals surface area contributed by atoms with E-state index < -0.39 is 28.3 Å². The highest BCUT2D eigenvalue weighted by molar-refractivity contribution is 8.01. The Morgan fingerprint density at radius 1 is 1.22 bits per heavy atom.